The highest BCUT2D eigenvalue weighted by atomic mass is 79.9. The van der Waals surface area contributed by atoms with Crippen LogP contribution in [0.3, 0.4) is 0 Å². The molecule has 84 valence electrons. The monoisotopic (exact) mass is 269 g/mol. The van der Waals surface area contributed by atoms with E-state index in [4.69, 9.17) is 0 Å². The number of aryl methyl sites for hydroxylation is 1. The highest BCUT2D eigenvalue weighted by Gasteiger charge is 2.05. The number of rotatable bonds is 5. The first-order valence-electron chi connectivity index (χ1n) is 5.68. The summed E-state index contributed by atoms with van der Waals surface area (Å²) in [6, 6.07) is 6.33. The lowest BCUT2D eigenvalue weighted by Crippen LogP contribution is -2.13. The van der Waals surface area contributed by atoms with Crippen molar-refractivity contribution >= 4 is 21.6 Å². The third-order valence-electron chi connectivity index (χ3n) is 2.93. The van der Waals surface area contributed by atoms with E-state index in [1.165, 1.54) is 28.6 Å². The number of hydrogen-bond acceptors (Lipinski definition) is 1. The molecule has 0 unspecified atom stereocenters. The van der Waals surface area contributed by atoms with E-state index in [2.05, 4.69) is 60.2 Å². The van der Waals surface area contributed by atoms with Crippen LogP contribution in [-0.2, 0) is 0 Å². The molecule has 0 saturated heterocycles. The maximum atomic E-state index is 3.61. The van der Waals surface area contributed by atoms with Crippen LogP contribution in [0.2, 0.25) is 0 Å². The van der Waals surface area contributed by atoms with Crippen molar-refractivity contribution in [1.82, 2.24) is 0 Å². The molecule has 0 spiro atoms. The molecule has 0 atom stereocenters. The largest absolute Gasteiger partial charge is 0.384 e. The first-order chi connectivity index (χ1) is 7.19. The van der Waals surface area contributed by atoms with Gasteiger partial charge in [0, 0.05) is 16.7 Å². The first-order valence-corrected chi connectivity index (χ1v) is 6.47. The summed E-state index contributed by atoms with van der Waals surface area (Å²) in [6.07, 6.45) is 2.49. The fourth-order valence-corrected chi connectivity index (χ4v) is 2.02. The molecule has 0 aromatic heterocycles. The molecule has 1 N–H and O–H groups in total. The minimum absolute atomic E-state index is 0.775. The Kier molecular flexibility index (Phi) is 5.16. The van der Waals surface area contributed by atoms with Gasteiger partial charge in [0.1, 0.15) is 0 Å². The van der Waals surface area contributed by atoms with Gasteiger partial charge >= 0.3 is 0 Å². The molecule has 2 heteroatoms. The molecule has 0 aliphatic heterocycles. The first kappa shape index (κ1) is 12.6. The zero-order valence-electron chi connectivity index (χ0n) is 9.81. The van der Waals surface area contributed by atoms with Crippen LogP contribution in [0.4, 0.5) is 5.69 Å². The van der Waals surface area contributed by atoms with Crippen LogP contribution in [0.15, 0.2) is 22.7 Å². The number of halogens is 1. The Balaban J connectivity index is 2.61. The van der Waals surface area contributed by atoms with Crippen LogP contribution in [-0.4, -0.2) is 6.54 Å². The molecule has 0 amide bonds. The lowest BCUT2D eigenvalue weighted by molar-refractivity contribution is 0.519. The van der Waals surface area contributed by atoms with E-state index in [-0.39, 0.29) is 0 Å². The van der Waals surface area contributed by atoms with Crippen LogP contribution >= 0.6 is 15.9 Å². The van der Waals surface area contributed by atoms with Gasteiger partial charge in [-0.2, -0.15) is 0 Å². The molecule has 0 heterocycles. The predicted octanol–water partition coefficient (Wildman–Crippen LogP) is 4.61. The molecule has 0 aliphatic carbocycles. The van der Waals surface area contributed by atoms with Crippen molar-refractivity contribution in [2.75, 3.05) is 11.9 Å². The number of nitrogens with one attached hydrogen (secondary N) is 1. The van der Waals surface area contributed by atoms with Gasteiger partial charge in [0.15, 0.2) is 0 Å². The second-order valence-electron chi connectivity index (χ2n) is 4.00. The van der Waals surface area contributed by atoms with Crippen LogP contribution in [0, 0.1) is 12.8 Å². The van der Waals surface area contributed by atoms with E-state index < -0.39 is 0 Å². The van der Waals surface area contributed by atoms with Crippen LogP contribution < -0.4 is 5.32 Å². The Bertz CT molecular complexity index is 305. The molecule has 0 radical (unpaired) electrons. The minimum Gasteiger partial charge on any atom is -0.384 e. The topological polar surface area (TPSA) is 12.0 Å². The molecule has 0 bridgehead atoms. The third kappa shape index (κ3) is 3.53. The number of hydrogen-bond donors (Lipinski definition) is 1. The van der Waals surface area contributed by atoms with Crippen molar-refractivity contribution in [3.63, 3.8) is 0 Å². The number of anilines is 1. The SMILES string of the molecule is CCC(CC)CNc1cccc(C)c1Br. The Morgan fingerprint density at radius 3 is 2.53 bits per heavy atom. The van der Waals surface area contributed by atoms with Gasteiger partial charge in [-0.05, 0) is 40.4 Å². The van der Waals surface area contributed by atoms with Gasteiger partial charge in [-0.25, -0.2) is 0 Å². The van der Waals surface area contributed by atoms with Gasteiger partial charge < -0.3 is 5.32 Å². The normalized spacial score (nSPS) is 10.7. The lowest BCUT2D eigenvalue weighted by atomic mass is 10.0. The maximum Gasteiger partial charge on any atom is 0.0487 e. The van der Waals surface area contributed by atoms with Crippen molar-refractivity contribution in [2.45, 2.75) is 33.6 Å². The van der Waals surface area contributed by atoms with Crippen LogP contribution in [0.5, 0.6) is 0 Å². The maximum absolute atomic E-state index is 3.61. The molecule has 0 aliphatic rings. The Morgan fingerprint density at radius 2 is 1.93 bits per heavy atom. The summed E-state index contributed by atoms with van der Waals surface area (Å²) >= 11 is 3.61. The molecule has 15 heavy (non-hydrogen) atoms. The molecule has 1 aromatic rings. The fraction of sp³-hybridized carbons (Fsp3) is 0.538. The molecule has 1 nitrogen and oxygen atoms in total. The molecule has 1 rings (SSSR count). The predicted molar refractivity (Wildman–Crippen MR) is 71.4 cm³/mol. The molecular formula is C13H20BrN. The average Bonchev–Trinajstić information content (AvgIpc) is 2.25. The zero-order chi connectivity index (χ0) is 11.3. The summed E-state index contributed by atoms with van der Waals surface area (Å²) in [5.74, 6) is 0.775. The zero-order valence-corrected chi connectivity index (χ0v) is 11.4. The highest BCUT2D eigenvalue weighted by molar-refractivity contribution is 9.10. The molecule has 1 aromatic carbocycles. The van der Waals surface area contributed by atoms with Gasteiger partial charge in [0.25, 0.3) is 0 Å². The van der Waals surface area contributed by atoms with E-state index in [9.17, 15) is 0 Å². The average molecular weight is 270 g/mol. The van der Waals surface area contributed by atoms with E-state index in [0.717, 1.165) is 12.5 Å². The number of benzene rings is 1. The summed E-state index contributed by atoms with van der Waals surface area (Å²) in [6.45, 7) is 7.68. The second-order valence-corrected chi connectivity index (χ2v) is 4.79. The summed E-state index contributed by atoms with van der Waals surface area (Å²) in [5, 5.41) is 3.51. The smallest absolute Gasteiger partial charge is 0.0487 e. The highest BCUT2D eigenvalue weighted by Crippen LogP contribution is 2.26. The third-order valence-corrected chi connectivity index (χ3v) is 3.98. The Hall–Kier alpha value is -0.500. The van der Waals surface area contributed by atoms with Gasteiger partial charge in [0.2, 0.25) is 0 Å². The van der Waals surface area contributed by atoms with Gasteiger partial charge in [-0.15, -0.1) is 0 Å². The molecule has 0 fully saturated rings. The molecular weight excluding hydrogens is 250 g/mol. The summed E-state index contributed by atoms with van der Waals surface area (Å²) in [4.78, 5) is 0. The van der Waals surface area contributed by atoms with Crippen LogP contribution in [0.1, 0.15) is 32.3 Å². The van der Waals surface area contributed by atoms with Gasteiger partial charge in [0.05, 0.1) is 0 Å². The quantitative estimate of drug-likeness (QED) is 0.824. The Labute approximate surface area is 101 Å². The van der Waals surface area contributed by atoms with E-state index >= 15 is 0 Å². The van der Waals surface area contributed by atoms with Gasteiger partial charge in [-0.1, -0.05) is 38.8 Å². The second kappa shape index (κ2) is 6.16. The standard InChI is InChI=1S/C13H20BrN/c1-4-11(5-2)9-15-12-8-6-7-10(3)13(12)14/h6-8,11,15H,4-5,9H2,1-3H3. The van der Waals surface area contributed by atoms with E-state index in [1.54, 1.807) is 0 Å². The van der Waals surface area contributed by atoms with Crippen molar-refractivity contribution in [2.24, 2.45) is 5.92 Å². The van der Waals surface area contributed by atoms with Crippen molar-refractivity contribution in [3.05, 3.63) is 28.2 Å². The fourth-order valence-electron chi connectivity index (χ4n) is 1.62. The Morgan fingerprint density at radius 1 is 1.27 bits per heavy atom. The summed E-state index contributed by atoms with van der Waals surface area (Å²) in [5.41, 5.74) is 2.49. The van der Waals surface area contributed by atoms with E-state index in [1.807, 2.05) is 0 Å². The minimum atomic E-state index is 0.775. The molecule has 0 saturated carbocycles. The summed E-state index contributed by atoms with van der Waals surface area (Å²) < 4.78 is 1.19. The van der Waals surface area contributed by atoms with Crippen molar-refractivity contribution in [3.8, 4) is 0 Å². The van der Waals surface area contributed by atoms with Crippen molar-refractivity contribution < 1.29 is 0 Å². The summed E-state index contributed by atoms with van der Waals surface area (Å²) in [7, 11) is 0. The van der Waals surface area contributed by atoms with Gasteiger partial charge in [-0.3, -0.25) is 0 Å². The van der Waals surface area contributed by atoms with E-state index in [0.29, 0.717) is 0 Å². The van der Waals surface area contributed by atoms with Crippen LogP contribution in [0.25, 0.3) is 0 Å². The lowest BCUT2D eigenvalue weighted by Gasteiger charge is -2.16. The van der Waals surface area contributed by atoms with Crippen molar-refractivity contribution in [1.29, 1.82) is 0 Å².